The standard InChI is InChI=1S/C9H19N.C5H12/c1-3-4-5-9-8(2)6-7-10-9;1-4-5(2)3/h8-10H,3-7H2,1-2H3;5H,4H2,1-3H3. The van der Waals surface area contributed by atoms with Gasteiger partial charge in [0.25, 0.3) is 0 Å². The summed E-state index contributed by atoms with van der Waals surface area (Å²) in [4.78, 5) is 0. The fourth-order valence-corrected chi connectivity index (χ4v) is 1.71. The lowest BCUT2D eigenvalue weighted by Gasteiger charge is -2.14. The molecular formula is C14H31N. The molecule has 1 aliphatic rings. The number of rotatable bonds is 4. The Labute approximate surface area is 97.0 Å². The first-order valence-electron chi connectivity index (χ1n) is 6.85. The zero-order chi connectivity index (χ0) is 11.7. The average molecular weight is 213 g/mol. The summed E-state index contributed by atoms with van der Waals surface area (Å²) in [6.45, 7) is 12.5. The van der Waals surface area contributed by atoms with E-state index in [1.165, 1.54) is 38.6 Å². The predicted molar refractivity (Wildman–Crippen MR) is 70.2 cm³/mol. The van der Waals surface area contributed by atoms with Crippen LogP contribution in [0.25, 0.3) is 0 Å². The average Bonchev–Trinajstić information content (AvgIpc) is 2.62. The Morgan fingerprint density at radius 3 is 2.20 bits per heavy atom. The molecule has 0 spiro atoms. The molecule has 0 bridgehead atoms. The van der Waals surface area contributed by atoms with E-state index in [-0.39, 0.29) is 0 Å². The maximum Gasteiger partial charge on any atom is 0.00931 e. The van der Waals surface area contributed by atoms with Crippen molar-refractivity contribution in [3.63, 3.8) is 0 Å². The van der Waals surface area contributed by atoms with Gasteiger partial charge >= 0.3 is 0 Å². The minimum absolute atomic E-state index is 0.833. The molecule has 0 amide bonds. The van der Waals surface area contributed by atoms with Crippen LogP contribution in [-0.2, 0) is 0 Å². The van der Waals surface area contributed by atoms with Crippen LogP contribution in [0.5, 0.6) is 0 Å². The van der Waals surface area contributed by atoms with Gasteiger partial charge in [0.05, 0.1) is 0 Å². The van der Waals surface area contributed by atoms with E-state index in [4.69, 9.17) is 0 Å². The Bertz CT molecular complexity index is 131. The second-order valence-corrected chi connectivity index (χ2v) is 5.27. The summed E-state index contributed by atoms with van der Waals surface area (Å²) >= 11 is 0. The van der Waals surface area contributed by atoms with Gasteiger partial charge in [-0.05, 0) is 31.2 Å². The second kappa shape index (κ2) is 9.21. The van der Waals surface area contributed by atoms with Crippen LogP contribution in [0.4, 0.5) is 0 Å². The van der Waals surface area contributed by atoms with E-state index in [0.717, 1.165) is 17.9 Å². The second-order valence-electron chi connectivity index (χ2n) is 5.27. The van der Waals surface area contributed by atoms with Gasteiger partial charge in [-0.2, -0.15) is 0 Å². The molecule has 0 aromatic heterocycles. The molecule has 92 valence electrons. The van der Waals surface area contributed by atoms with Crippen LogP contribution in [0, 0.1) is 11.8 Å². The molecule has 1 N–H and O–H groups in total. The zero-order valence-corrected chi connectivity index (χ0v) is 11.5. The summed E-state index contributed by atoms with van der Waals surface area (Å²) in [5.41, 5.74) is 0. The highest BCUT2D eigenvalue weighted by molar-refractivity contribution is 4.80. The highest BCUT2D eigenvalue weighted by Crippen LogP contribution is 2.18. The van der Waals surface area contributed by atoms with Gasteiger partial charge in [0.15, 0.2) is 0 Å². The van der Waals surface area contributed by atoms with Crippen molar-refractivity contribution >= 4 is 0 Å². The van der Waals surface area contributed by atoms with Crippen LogP contribution in [0.3, 0.4) is 0 Å². The molecule has 15 heavy (non-hydrogen) atoms. The zero-order valence-electron chi connectivity index (χ0n) is 11.5. The van der Waals surface area contributed by atoms with Gasteiger partial charge in [0, 0.05) is 6.04 Å². The molecule has 1 fully saturated rings. The third-order valence-electron chi connectivity index (χ3n) is 3.38. The smallest absolute Gasteiger partial charge is 0.00931 e. The molecular weight excluding hydrogens is 182 g/mol. The van der Waals surface area contributed by atoms with Gasteiger partial charge in [-0.1, -0.05) is 53.9 Å². The highest BCUT2D eigenvalue weighted by atomic mass is 14.9. The summed E-state index contributed by atoms with van der Waals surface area (Å²) in [7, 11) is 0. The van der Waals surface area contributed by atoms with E-state index in [2.05, 4.69) is 39.9 Å². The largest absolute Gasteiger partial charge is 0.314 e. The first kappa shape index (κ1) is 15.0. The van der Waals surface area contributed by atoms with Crippen LogP contribution < -0.4 is 5.32 Å². The first-order valence-corrected chi connectivity index (χ1v) is 6.85. The van der Waals surface area contributed by atoms with Crippen LogP contribution in [0.2, 0.25) is 0 Å². The first-order chi connectivity index (χ1) is 7.11. The van der Waals surface area contributed by atoms with E-state index in [9.17, 15) is 0 Å². The van der Waals surface area contributed by atoms with Gasteiger partial charge in [-0.3, -0.25) is 0 Å². The fraction of sp³-hybridized carbons (Fsp3) is 1.00. The summed E-state index contributed by atoms with van der Waals surface area (Å²) in [6.07, 6.45) is 6.80. The highest BCUT2D eigenvalue weighted by Gasteiger charge is 2.21. The van der Waals surface area contributed by atoms with E-state index in [1.54, 1.807) is 0 Å². The van der Waals surface area contributed by atoms with Crippen molar-refractivity contribution in [2.75, 3.05) is 6.54 Å². The number of unbranched alkanes of at least 4 members (excludes halogenated alkanes) is 1. The van der Waals surface area contributed by atoms with Crippen molar-refractivity contribution < 1.29 is 0 Å². The van der Waals surface area contributed by atoms with Gasteiger partial charge in [0.2, 0.25) is 0 Å². The monoisotopic (exact) mass is 213 g/mol. The number of hydrogen-bond acceptors (Lipinski definition) is 1. The third-order valence-corrected chi connectivity index (χ3v) is 3.38. The molecule has 2 unspecified atom stereocenters. The molecule has 0 radical (unpaired) electrons. The van der Waals surface area contributed by atoms with Crippen LogP contribution in [-0.4, -0.2) is 12.6 Å². The maximum absolute atomic E-state index is 3.54. The Hall–Kier alpha value is -0.0400. The van der Waals surface area contributed by atoms with E-state index >= 15 is 0 Å². The quantitative estimate of drug-likeness (QED) is 0.737. The molecule has 1 heterocycles. The molecule has 1 saturated heterocycles. The van der Waals surface area contributed by atoms with Crippen molar-refractivity contribution in [1.29, 1.82) is 0 Å². The number of nitrogens with one attached hydrogen (secondary N) is 1. The molecule has 1 heteroatoms. The van der Waals surface area contributed by atoms with Crippen molar-refractivity contribution in [3.05, 3.63) is 0 Å². The lowest BCUT2D eigenvalue weighted by atomic mass is 9.98. The summed E-state index contributed by atoms with van der Waals surface area (Å²) in [5, 5.41) is 3.54. The molecule has 0 saturated carbocycles. The molecule has 1 nitrogen and oxygen atoms in total. The molecule has 0 aliphatic carbocycles. The SMILES string of the molecule is CCC(C)C.CCCCC1NCCC1C. The molecule has 2 atom stereocenters. The van der Waals surface area contributed by atoms with E-state index in [1.807, 2.05) is 0 Å². The van der Waals surface area contributed by atoms with Gasteiger partial charge < -0.3 is 5.32 Å². The van der Waals surface area contributed by atoms with Crippen molar-refractivity contribution in [2.45, 2.75) is 72.8 Å². The van der Waals surface area contributed by atoms with Crippen LogP contribution in [0.15, 0.2) is 0 Å². The van der Waals surface area contributed by atoms with Crippen molar-refractivity contribution in [2.24, 2.45) is 11.8 Å². The number of hydrogen-bond donors (Lipinski definition) is 1. The van der Waals surface area contributed by atoms with Crippen LogP contribution in [0.1, 0.15) is 66.7 Å². The summed E-state index contributed by atoms with van der Waals surface area (Å²) in [6, 6.07) is 0.833. The Kier molecular flexibility index (Phi) is 9.18. The van der Waals surface area contributed by atoms with Crippen molar-refractivity contribution in [1.82, 2.24) is 5.32 Å². The molecule has 1 aliphatic heterocycles. The van der Waals surface area contributed by atoms with Gasteiger partial charge in [0.1, 0.15) is 0 Å². The summed E-state index contributed by atoms with van der Waals surface area (Å²) in [5.74, 6) is 1.81. The minimum atomic E-state index is 0.833. The van der Waals surface area contributed by atoms with Crippen molar-refractivity contribution in [3.8, 4) is 0 Å². The lowest BCUT2D eigenvalue weighted by molar-refractivity contribution is 0.439. The Morgan fingerprint density at radius 1 is 1.27 bits per heavy atom. The third kappa shape index (κ3) is 7.84. The van der Waals surface area contributed by atoms with E-state index in [0.29, 0.717) is 0 Å². The van der Waals surface area contributed by atoms with Gasteiger partial charge in [-0.15, -0.1) is 0 Å². The van der Waals surface area contributed by atoms with Gasteiger partial charge in [-0.25, -0.2) is 0 Å². The fourth-order valence-electron chi connectivity index (χ4n) is 1.71. The van der Waals surface area contributed by atoms with E-state index < -0.39 is 0 Å². The molecule has 0 aromatic rings. The normalized spacial score (nSPS) is 25.2. The lowest BCUT2D eigenvalue weighted by Crippen LogP contribution is -2.25. The predicted octanol–water partition coefficient (Wildman–Crippen LogP) is 4.23. The molecule has 0 aromatic carbocycles. The minimum Gasteiger partial charge on any atom is -0.314 e. The maximum atomic E-state index is 3.54. The Balaban J connectivity index is 0.000000336. The molecule has 1 rings (SSSR count). The van der Waals surface area contributed by atoms with Crippen LogP contribution >= 0.6 is 0 Å². The summed E-state index contributed by atoms with van der Waals surface area (Å²) < 4.78 is 0. The topological polar surface area (TPSA) is 12.0 Å². The Morgan fingerprint density at radius 2 is 1.87 bits per heavy atom.